The van der Waals surface area contributed by atoms with Gasteiger partial charge in [-0.3, -0.25) is 4.79 Å². The molecule has 0 saturated heterocycles. The van der Waals surface area contributed by atoms with E-state index in [0.29, 0.717) is 18.0 Å². The summed E-state index contributed by atoms with van der Waals surface area (Å²) < 4.78 is 0. The molecule has 2 unspecified atom stereocenters. The van der Waals surface area contributed by atoms with E-state index < -0.39 is 0 Å². The second-order valence-electron chi connectivity index (χ2n) is 4.14. The second kappa shape index (κ2) is 5.03. The molecule has 1 aromatic heterocycles. The number of carbonyl (C=O) groups is 1. The third-order valence-electron chi connectivity index (χ3n) is 3.12. The van der Waals surface area contributed by atoms with Crippen LogP contribution in [0.4, 0.5) is 0 Å². The highest BCUT2D eigenvalue weighted by atomic mass is 16.1. The zero-order valence-corrected chi connectivity index (χ0v) is 9.10. The maximum Gasteiger partial charge on any atom is 0.253 e. The molecule has 1 heterocycles. The van der Waals surface area contributed by atoms with E-state index in [1.54, 1.807) is 6.07 Å². The highest BCUT2D eigenvalue weighted by molar-refractivity contribution is 5.93. The van der Waals surface area contributed by atoms with Crippen molar-refractivity contribution in [2.45, 2.75) is 25.3 Å². The van der Waals surface area contributed by atoms with Crippen LogP contribution in [0.25, 0.3) is 0 Å². The van der Waals surface area contributed by atoms with Crippen molar-refractivity contribution in [2.24, 2.45) is 11.7 Å². The van der Waals surface area contributed by atoms with Gasteiger partial charge in [-0.1, -0.05) is 6.42 Å². The first-order valence-electron chi connectivity index (χ1n) is 5.59. The SMILES string of the molecule is NCC1CCCC1NC(=O)c1ccnnc1. The number of carbonyl (C=O) groups excluding carboxylic acids is 1. The molecule has 0 aromatic carbocycles. The standard InChI is InChI=1S/C11H16N4O/c12-6-8-2-1-3-10(8)15-11(16)9-4-5-13-14-7-9/h4-5,7-8,10H,1-3,6,12H2,(H,15,16). The smallest absolute Gasteiger partial charge is 0.253 e. The first-order valence-corrected chi connectivity index (χ1v) is 5.59. The lowest BCUT2D eigenvalue weighted by molar-refractivity contribution is 0.0928. The average molecular weight is 220 g/mol. The van der Waals surface area contributed by atoms with E-state index in [4.69, 9.17) is 5.73 Å². The van der Waals surface area contributed by atoms with E-state index in [9.17, 15) is 4.79 Å². The number of amides is 1. The van der Waals surface area contributed by atoms with Crippen molar-refractivity contribution in [1.29, 1.82) is 0 Å². The molecule has 1 saturated carbocycles. The van der Waals surface area contributed by atoms with Gasteiger partial charge in [0, 0.05) is 6.04 Å². The molecule has 86 valence electrons. The van der Waals surface area contributed by atoms with Crippen molar-refractivity contribution in [2.75, 3.05) is 6.54 Å². The van der Waals surface area contributed by atoms with Crippen molar-refractivity contribution in [1.82, 2.24) is 15.5 Å². The molecule has 0 spiro atoms. The van der Waals surface area contributed by atoms with Crippen molar-refractivity contribution in [3.8, 4) is 0 Å². The van der Waals surface area contributed by atoms with Crippen molar-refractivity contribution in [3.05, 3.63) is 24.0 Å². The van der Waals surface area contributed by atoms with E-state index in [1.807, 2.05) is 0 Å². The summed E-state index contributed by atoms with van der Waals surface area (Å²) in [7, 11) is 0. The Bertz CT molecular complexity index is 354. The monoisotopic (exact) mass is 220 g/mol. The third kappa shape index (κ3) is 2.36. The number of nitrogens with two attached hydrogens (primary N) is 1. The van der Waals surface area contributed by atoms with Crippen LogP contribution in [0, 0.1) is 5.92 Å². The molecule has 0 radical (unpaired) electrons. The number of aromatic nitrogens is 2. The zero-order chi connectivity index (χ0) is 11.4. The topological polar surface area (TPSA) is 80.9 Å². The van der Waals surface area contributed by atoms with Crippen LogP contribution in [0.15, 0.2) is 18.5 Å². The fraction of sp³-hybridized carbons (Fsp3) is 0.545. The van der Waals surface area contributed by atoms with Gasteiger partial charge in [0.15, 0.2) is 0 Å². The van der Waals surface area contributed by atoms with E-state index >= 15 is 0 Å². The zero-order valence-electron chi connectivity index (χ0n) is 9.10. The minimum absolute atomic E-state index is 0.0831. The fourth-order valence-corrected chi connectivity index (χ4v) is 2.19. The molecule has 1 aromatic rings. The van der Waals surface area contributed by atoms with Crippen molar-refractivity contribution >= 4 is 5.91 Å². The van der Waals surface area contributed by atoms with Crippen molar-refractivity contribution < 1.29 is 4.79 Å². The van der Waals surface area contributed by atoms with Crippen LogP contribution >= 0.6 is 0 Å². The Morgan fingerprint density at radius 3 is 3.06 bits per heavy atom. The quantitative estimate of drug-likeness (QED) is 0.769. The van der Waals surface area contributed by atoms with Crippen LogP contribution in [0.2, 0.25) is 0 Å². The highest BCUT2D eigenvalue weighted by Gasteiger charge is 2.27. The van der Waals surface area contributed by atoms with Crippen LogP contribution in [0.3, 0.4) is 0 Å². The Morgan fingerprint density at radius 2 is 2.38 bits per heavy atom. The molecule has 1 aliphatic rings. The van der Waals surface area contributed by atoms with Gasteiger partial charge in [0.05, 0.1) is 18.0 Å². The maximum absolute atomic E-state index is 11.8. The molecule has 2 rings (SSSR count). The number of hydrogen-bond acceptors (Lipinski definition) is 4. The van der Waals surface area contributed by atoms with Crippen LogP contribution in [-0.2, 0) is 0 Å². The number of nitrogens with one attached hydrogen (secondary N) is 1. The van der Waals surface area contributed by atoms with E-state index in [-0.39, 0.29) is 11.9 Å². The van der Waals surface area contributed by atoms with Gasteiger partial charge < -0.3 is 11.1 Å². The van der Waals surface area contributed by atoms with Gasteiger partial charge in [-0.25, -0.2) is 0 Å². The predicted molar refractivity (Wildman–Crippen MR) is 59.7 cm³/mol. The summed E-state index contributed by atoms with van der Waals surface area (Å²) in [5.74, 6) is 0.332. The molecule has 1 amide bonds. The molecule has 16 heavy (non-hydrogen) atoms. The van der Waals surface area contributed by atoms with Gasteiger partial charge in [0.2, 0.25) is 0 Å². The normalized spacial score (nSPS) is 24.3. The molecule has 3 N–H and O–H groups in total. The van der Waals surface area contributed by atoms with Gasteiger partial charge in [-0.15, -0.1) is 0 Å². The Kier molecular flexibility index (Phi) is 3.46. The van der Waals surface area contributed by atoms with Crippen LogP contribution in [-0.4, -0.2) is 28.7 Å². The molecule has 2 atom stereocenters. The summed E-state index contributed by atoms with van der Waals surface area (Å²) in [6.45, 7) is 0.638. The molecule has 5 nitrogen and oxygen atoms in total. The lowest BCUT2D eigenvalue weighted by atomic mass is 10.0. The van der Waals surface area contributed by atoms with Gasteiger partial charge in [0.25, 0.3) is 5.91 Å². The molecule has 0 aliphatic heterocycles. The Hall–Kier alpha value is -1.49. The third-order valence-corrected chi connectivity index (χ3v) is 3.12. The lowest BCUT2D eigenvalue weighted by Gasteiger charge is -2.19. The Balaban J connectivity index is 1.97. The van der Waals surface area contributed by atoms with Gasteiger partial charge in [-0.05, 0) is 31.4 Å². The summed E-state index contributed by atoms with van der Waals surface area (Å²) in [6.07, 6.45) is 6.26. The van der Waals surface area contributed by atoms with Crippen molar-refractivity contribution in [3.63, 3.8) is 0 Å². The molecule has 0 bridgehead atoms. The summed E-state index contributed by atoms with van der Waals surface area (Å²) >= 11 is 0. The summed E-state index contributed by atoms with van der Waals surface area (Å²) in [5.41, 5.74) is 6.22. The van der Waals surface area contributed by atoms with Gasteiger partial charge in [-0.2, -0.15) is 10.2 Å². The minimum Gasteiger partial charge on any atom is -0.349 e. The first-order chi connectivity index (χ1) is 7.81. The van der Waals surface area contributed by atoms with E-state index in [1.165, 1.54) is 12.4 Å². The molecule has 5 heteroatoms. The predicted octanol–water partition coefficient (Wildman–Crippen LogP) is 0.334. The summed E-state index contributed by atoms with van der Waals surface area (Å²) in [4.78, 5) is 11.8. The molecule has 1 fully saturated rings. The van der Waals surface area contributed by atoms with Gasteiger partial charge in [0.1, 0.15) is 0 Å². The fourth-order valence-electron chi connectivity index (χ4n) is 2.19. The van der Waals surface area contributed by atoms with Crippen LogP contribution in [0.5, 0.6) is 0 Å². The summed E-state index contributed by atoms with van der Waals surface area (Å²) in [5, 5.41) is 10.3. The molecular weight excluding hydrogens is 204 g/mol. The van der Waals surface area contributed by atoms with Crippen LogP contribution < -0.4 is 11.1 Å². The minimum atomic E-state index is -0.0831. The largest absolute Gasteiger partial charge is 0.349 e. The first kappa shape index (κ1) is 11.0. The molecule has 1 aliphatic carbocycles. The number of rotatable bonds is 3. The second-order valence-corrected chi connectivity index (χ2v) is 4.14. The molecular formula is C11H16N4O. The maximum atomic E-state index is 11.8. The number of nitrogens with zero attached hydrogens (tertiary/aromatic N) is 2. The highest BCUT2D eigenvalue weighted by Crippen LogP contribution is 2.24. The van der Waals surface area contributed by atoms with Crippen LogP contribution in [0.1, 0.15) is 29.6 Å². The lowest BCUT2D eigenvalue weighted by Crippen LogP contribution is -2.39. The average Bonchev–Trinajstić information content (AvgIpc) is 2.77. The van der Waals surface area contributed by atoms with E-state index in [2.05, 4.69) is 15.5 Å². The van der Waals surface area contributed by atoms with Gasteiger partial charge >= 0.3 is 0 Å². The number of hydrogen-bond donors (Lipinski definition) is 2. The Morgan fingerprint density at radius 1 is 1.50 bits per heavy atom. The Labute approximate surface area is 94.4 Å². The van der Waals surface area contributed by atoms with E-state index in [0.717, 1.165) is 19.3 Å². The summed E-state index contributed by atoms with van der Waals surface area (Å²) in [6, 6.07) is 1.88.